The van der Waals surface area contributed by atoms with E-state index in [-0.39, 0.29) is 5.02 Å². The number of thiocarbonyl (C=S) groups is 1. The van der Waals surface area contributed by atoms with Crippen molar-refractivity contribution in [1.82, 2.24) is 4.90 Å². The number of rotatable bonds is 1. The van der Waals surface area contributed by atoms with Crippen LogP contribution >= 0.6 is 23.8 Å². The molecule has 0 aliphatic carbocycles. The maximum atomic E-state index is 13.0. The first-order chi connectivity index (χ1) is 8.58. The fourth-order valence-electron chi connectivity index (χ4n) is 2.17. The zero-order chi connectivity index (χ0) is 13.1. The van der Waals surface area contributed by atoms with E-state index in [9.17, 15) is 4.39 Å². The molecule has 1 aliphatic rings. The van der Waals surface area contributed by atoms with Gasteiger partial charge in [0, 0.05) is 18.3 Å². The molecule has 0 spiro atoms. The number of hydrogen-bond donors (Lipinski definition) is 1. The van der Waals surface area contributed by atoms with Gasteiger partial charge in [-0.05, 0) is 56.6 Å². The van der Waals surface area contributed by atoms with Crippen molar-refractivity contribution in [3.63, 3.8) is 0 Å². The molecule has 1 aliphatic heterocycles. The molecule has 1 heterocycles. The quantitative estimate of drug-likeness (QED) is 0.784. The average molecular weight is 287 g/mol. The Morgan fingerprint density at radius 2 is 2.28 bits per heavy atom. The summed E-state index contributed by atoms with van der Waals surface area (Å²) in [6, 6.07) is 4.99. The first-order valence-electron chi connectivity index (χ1n) is 6.10. The van der Waals surface area contributed by atoms with Gasteiger partial charge in [-0.15, -0.1) is 0 Å². The van der Waals surface area contributed by atoms with Crippen LogP contribution in [0.4, 0.5) is 10.1 Å². The minimum Gasteiger partial charge on any atom is -0.346 e. The Hall–Kier alpha value is -0.870. The van der Waals surface area contributed by atoms with E-state index in [2.05, 4.69) is 17.1 Å². The van der Waals surface area contributed by atoms with Crippen molar-refractivity contribution in [3.05, 3.63) is 29.0 Å². The number of benzene rings is 1. The maximum absolute atomic E-state index is 13.0. The predicted molar refractivity (Wildman–Crippen MR) is 77.6 cm³/mol. The summed E-state index contributed by atoms with van der Waals surface area (Å²) >= 11 is 11.1. The Kier molecular flexibility index (Phi) is 4.40. The zero-order valence-corrected chi connectivity index (χ0v) is 11.8. The molecule has 1 aromatic rings. The van der Waals surface area contributed by atoms with Crippen molar-refractivity contribution in [3.8, 4) is 0 Å². The van der Waals surface area contributed by atoms with Crippen LogP contribution in [0.25, 0.3) is 0 Å². The number of halogens is 2. The fourth-order valence-corrected chi connectivity index (χ4v) is 2.74. The van der Waals surface area contributed by atoms with E-state index in [4.69, 9.17) is 23.8 Å². The number of piperidine rings is 1. The van der Waals surface area contributed by atoms with E-state index < -0.39 is 5.82 Å². The number of hydrogen-bond acceptors (Lipinski definition) is 1. The SMILES string of the molecule is C[C@@H]1CCCCN1C(=S)Nc1ccc(F)c(Cl)c1. The third kappa shape index (κ3) is 3.12. The summed E-state index contributed by atoms with van der Waals surface area (Å²) in [5, 5.41) is 3.91. The molecule has 0 saturated carbocycles. The first kappa shape index (κ1) is 13.6. The molecule has 2 nitrogen and oxygen atoms in total. The van der Waals surface area contributed by atoms with E-state index in [1.807, 2.05) is 0 Å². The molecule has 2 rings (SSSR count). The minimum absolute atomic E-state index is 0.106. The van der Waals surface area contributed by atoms with E-state index >= 15 is 0 Å². The van der Waals surface area contributed by atoms with Crippen LogP contribution in [-0.4, -0.2) is 22.6 Å². The molecule has 98 valence electrons. The summed E-state index contributed by atoms with van der Waals surface area (Å²) in [4.78, 5) is 2.18. The number of nitrogens with one attached hydrogen (secondary N) is 1. The second-order valence-corrected chi connectivity index (χ2v) is 5.39. The lowest BCUT2D eigenvalue weighted by Gasteiger charge is -2.35. The summed E-state index contributed by atoms with van der Waals surface area (Å²) in [6.07, 6.45) is 3.57. The Balaban J connectivity index is 2.04. The van der Waals surface area contributed by atoms with Gasteiger partial charge in [-0.3, -0.25) is 0 Å². The molecule has 1 aromatic carbocycles. The highest BCUT2D eigenvalue weighted by Gasteiger charge is 2.20. The lowest BCUT2D eigenvalue weighted by molar-refractivity contribution is 0.262. The number of anilines is 1. The Morgan fingerprint density at radius 3 is 2.94 bits per heavy atom. The van der Waals surface area contributed by atoms with Crippen LogP contribution in [0, 0.1) is 5.82 Å². The van der Waals surface area contributed by atoms with Gasteiger partial charge in [0.1, 0.15) is 5.82 Å². The van der Waals surface area contributed by atoms with Crippen LogP contribution in [0.2, 0.25) is 5.02 Å². The monoisotopic (exact) mass is 286 g/mol. The molecule has 1 fully saturated rings. The normalized spacial score (nSPS) is 19.7. The van der Waals surface area contributed by atoms with Crippen LogP contribution in [0.5, 0.6) is 0 Å². The third-order valence-electron chi connectivity index (χ3n) is 3.23. The molecule has 1 saturated heterocycles. The molecule has 5 heteroatoms. The first-order valence-corrected chi connectivity index (χ1v) is 6.89. The highest BCUT2D eigenvalue weighted by molar-refractivity contribution is 7.80. The van der Waals surface area contributed by atoms with Crippen molar-refractivity contribution in [2.24, 2.45) is 0 Å². The molecule has 1 atom stereocenters. The average Bonchev–Trinajstić information content (AvgIpc) is 2.34. The molecular formula is C13H16ClFN2S. The minimum atomic E-state index is -0.417. The lowest BCUT2D eigenvalue weighted by Crippen LogP contribution is -2.44. The summed E-state index contributed by atoms with van der Waals surface area (Å²) in [7, 11) is 0. The van der Waals surface area contributed by atoms with E-state index in [1.54, 1.807) is 12.1 Å². The van der Waals surface area contributed by atoms with Gasteiger partial charge < -0.3 is 10.2 Å². The fraction of sp³-hybridized carbons (Fsp3) is 0.462. The standard InChI is InChI=1S/C13H16ClFN2S/c1-9-4-2-3-7-17(9)13(18)16-10-5-6-12(15)11(14)8-10/h5-6,8-9H,2-4,7H2,1H3,(H,16,18)/t9-/m1/s1. The Labute approximate surface area is 117 Å². The molecule has 0 aromatic heterocycles. The second kappa shape index (κ2) is 5.85. The van der Waals surface area contributed by atoms with E-state index in [1.165, 1.54) is 12.5 Å². The molecule has 0 radical (unpaired) electrons. The van der Waals surface area contributed by atoms with Crippen LogP contribution in [0.1, 0.15) is 26.2 Å². The van der Waals surface area contributed by atoms with Crippen molar-refractivity contribution in [2.75, 3.05) is 11.9 Å². The number of nitrogens with zero attached hydrogens (tertiary/aromatic N) is 1. The summed E-state index contributed by atoms with van der Waals surface area (Å²) in [6.45, 7) is 3.15. The van der Waals surface area contributed by atoms with E-state index in [0.29, 0.717) is 11.2 Å². The van der Waals surface area contributed by atoms with Gasteiger partial charge in [0.15, 0.2) is 5.11 Å². The van der Waals surface area contributed by atoms with Gasteiger partial charge in [-0.2, -0.15) is 0 Å². The molecule has 0 bridgehead atoms. The molecule has 18 heavy (non-hydrogen) atoms. The smallest absolute Gasteiger partial charge is 0.173 e. The molecule has 0 amide bonds. The predicted octanol–water partition coefficient (Wildman–Crippen LogP) is 4.05. The summed E-state index contributed by atoms with van der Waals surface area (Å²) in [5.41, 5.74) is 0.726. The van der Waals surface area contributed by atoms with E-state index in [0.717, 1.165) is 25.1 Å². The van der Waals surface area contributed by atoms with Gasteiger partial charge in [0.2, 0.25) is 0 Å². The zero-order valence-electron chi connectivity index (χ0n) is 10.2. The van der Waals surface area contributed by atoms with Crippen LogP contribution < -0.4 is 5.32 Å². The molecule has 0 unspecified atom stereocenters. The van der Waals surface area contributed by atoms with Gasteiger partial charge >= 0.3 is 0 Å². The number of likely N-dealkylation sites (tertiary alicyclic amines) is 1. The van der Waals surface area contributed by atoms with Crippen molar-refractivity contribution in [1.29, 1.82) is 0 Å². The lowest BCUT2D eigenvalue weighted by atomic mass is 10.0. The van der Waals surface area contributed by atoms with Crippen LogP contribution in [0.15, 0.2) is 18.2 Å². The second-order valence-electron chi connectivity index (χ2n) is 4.60. The Morgan fingerprint density at radius 1 is 1.50 bits per heavy atom. The van der Waals surface area contributed by atoms with Gasteiger partial charge in [0.25, 0.3) is 0 Å². The molecule has 1 N–H and O–H groups in total. The van der Waals surface area contributed by atoms with Gasteiger partial charge in [-0.25, -0.2) is 4.39 Å². The van der Waals surface area contributed by atoms with Crippen molar-refractivity contribution >= 4 is 34.6 Å². The van der Waals surface area contributed by atoms with Crippen LogP contribution in [0.3, 0.4) is 0 Å². The van der Waals surface area contributed by atoms with Crippen LogP contribution in [-0.2, 0) is 0 Å². The Bertz CT molecular complexity index is 453. The molecular weight excluding hydrogens is 271 g/mol. The third-order valence-corrected chi connectivity index (χ3v) is 3.86. The van der Waals surface area contributed by atoms with Gasteiger partial charge in [0.05, 0.1) is 5.02 Å². The summed E-state index contributed by atoms with van der Waals surface area (Å²) < 4.78 is 13.0. The van der Waals surface area contributed by atoms with Crippen molar-refractivity contribution < 1.29 is 4.39 Å². The van der Waals surface area contributed by atoms with Crippen molar-refractivity contribution in [2.45, 2.75) is 32.2 Å². The topological polar surface area (TPSA) is 15.3 Å². The summed E-state index contributed by atoms with van der Waals surface area (Å²) in [5.74, 6) is -0.417. The highest BCUT2D eigenvalue weighted by Crippen LogP contribution is 2.21. The van der Waals surface area contributed by atoms with Gasteiger partial charge in [-0.1, -0.05) is 11.6 Å². The largest absolute Gasteiger partial charge is 0.346 e. The highest BCUT2D eigenvalue weighted by atomic mass is 35.5. The maximum Gasteiger partial charge on any atom is 0.173 e.